The van der Waals surface area contributed by atoms with Gasteiger partial charge in [-0.1, -0.05) is 115 Å². The number of para-hydroxylation sites is 3. The van der Waals surface area contributed by atoms with Crippen LogP contribution in [0.3, 0.4) is 0 Å². The molecule has 0 aliphatic rings. The zero-order chi connectivity index (χ0) is 35.6. The average Bonchev–Trinajstić information content (AvgIpc) is 3.93. The molecule has 0 atom stereocenters. The third-order valence-electron chi connectivity index (χ3n) is 10.4. The van der Waals surface area contributed by atoms with Gasteiger partial charge in [-0.15, -0.1) is 0 Å². The van der Waals surface area contributed by atoms with E-state index in [1.165, 1.54) is 5.39 Å². The van der Waals surface area contributed by atoms with Gasteiger partial charge in [-0.25, -0.2) is 4.98 Å². The van der Waals surface area contributed by atoms with Crippen molar-refractivity contribution in [2.24, 2.45) is 0 Å². The Morgan fingerprint density at radius 2 is 1.09 bits per heavy atom. The molecule has 0 spiro atoms. The fourth-order valence-electron chi connectivity index (χ4n) is 7.99. The van der Waals surface area contributed by atoms with Gasteiger partial charge in [-0.05, 0) is 77.9 Å². The molecule has 5 heteroatoms. The number of benzene rings is 8. The number of hydrogen-bond acceptors (Lipinski definition) is 4. The molecular weight excluding hydrogens is 663 g/mol. The maximum Gasteiger partial charge on any atom is 0.227 e. The molecule has 54 heavy (non-hydrogen) atoms. The highest BCUT2D eigenvalue weighted by Gasteiger charge is 2.25. The summed E-state index contributed by atoms with van der Waals surface area (Å²) in [4.78, 5) is 7.24. The van der Waals surface area contributed by atoms with E-state index in [1.54, 1.807) is 0 Å². The standard InChI is InChI=1S/C49H31N3O2/c1-4-15-32(16-5-1)34-19-12-22-36(29-34)52(43-27-14-26-42-47(43)38-23-10-11-25-41(38)51(42)35-20-8-3-9-21-35)44-28-13-24-37-39-30-40-46(31-45(39)53-48(37)44)54-49(50-40)33-17-6-2-7-18-33/h1-31H. The smallest absolute Gasteiger partial charge is 0.227 e. The van der Waals surface area contributed by atoms with E-state index in [-0.39, 0.29) is 0 Å². The predicted molar refractivity (Wildman–Crippen MR) is 221 cm³/mol. The second-order valence-electron chi connectivity index (χ2n) is 13.6. The summed E-state index contributed by atoms with van der Waals surface area (Å²) in [5.41, 5.74) is 12.7. The first-order valence-electron chi connectivity index (χ1n) is 18.1. The van der Waals surface area contributed by atoms with E-state index >= 15 is 0 Å². The maximum absolute atomic E-state index is 6.88. The average molecular weight is 694 g/mol. The Labute approximate surface area is 310 Å². The van der Waals surface area contributed by atoms with Crippen LogP contribution in [0.1, 0.15) is 0 Å². The fraction of sp³-hybridized carbons (Fsp3) is 0. The monoisotopic (exact) mass is 693 g/mol. The molecule has 0 aliphatic heterocycles. The second kappa shape index (κ2) is 12.1. The number of hydrogen-bond donors (Lipinski definition) is 0. The minimum absolute atomic E-state index is 0.593. The first-order chi connectivity index (χ1) is 26.8. The fourth-order valence-corrected chi connectivity index (χ4v) is 7.99. The van der Waals surface area contributed by atoms with Gasteiger partial charge in [0.2, 0.25) is 5.89 Å². The lowest BCUT2D eigenvalue weighted by Crippen LogP contribution is -2.11. The number of aromatic nitrogens is 2. The maximum atomic E-state index is 6.88. The third-order valence-corrected chi connectivity index (χ3v) is 10.4. The van der Waals surface area contributed by atoms with Gasteiger partial charge < -0.3 is 18.3 Å². The lowest BCUT2D eigenvalue weighted by atomic mass is 10.0. The van der Waals surface area contributed by atoms with Gasteiger partial charge in [0, 0.05) is 44.5 Å². The van der Waals surface area contributed by atoms with Crippen LogP contribution in [0.25, 0.3) is 83.1 Å². The minimum atomic E-state index is 0.593. The molecule has 5 nitrogen and oxygen atoms in total. The van der Waals surface area contributed by atoms with E-state index in [2.05, 4.69) is 161 Å². The summed E-state index contributed by atoms with van der Waals surface area (Å²) >= 11 is 0. The largest absolute Gasteiger partial charge is 0.454 e. The molecule has 3 aromatic heterocycles. The van der Waals surface area contributed by atoms with Crippen LogP contribution in [0.4, 0.5) is 17.1 Å². The number of anilines is 3. The van der Waals surface area contributed by atoms with Crippen LogP contribution in [0.5, 0.6) is 0 Å². The molecule has 0 amide bonds. The number of furan rings is 1. The summed E-state index contributed by atoms with van der Waals surface area (Å²) in [5.74, 6) is 0.593. The highest BCUT2D eigenvalue weighted by Crippen LogP contribution is 2.47. The lowest BCUT2D eigenvalue weighted by Gasteiger charge is -2.27. The van der Waals surface area contributed by atoms with Gasteiger partial charge in [0.15, 0.2) is 11.2 Å². The number of nitrogens with zero attached hydrogens (tertiary/aromatic N) is 3. The van der Waals surface area contributed by atoms with Crippen molar-refractivity contribution < 1.29 is 8.83 Å². The van der Waals surface area contributed by atoms with Gasteiger partial charge in [-0.2, -0.15) is 0 Å². The van der Waals surface area contributed by atoms with Crippen molar-refractivity contribution in [3.05, 3.63) is 188 Å². The van der Waals surface area contributed by atoms with E-state index in [9.17, 15) is 0 Å². The van der Waals surface area contributed by atoms with Crippen LogP contribution in [0, 0.1) is 0 Å². The second-order valence-corrected chi connectivity index (χ2v) is 13.6. The molecule has 11 aromatic rings. The first kappa shape index (κ1) is 30.3. The molecule has 0 aliphatic carbocycles. The van der Waals surface area contributed by atoms with Gasteiger partial charge in [-0.3, -0.25) is 0 Å². The van der Waals surface area contributed by atoms with Crippen molar-refractivity contribution in [1.29, 1.82) is 0 Å². The summed E-state index contributed by atoms with van der Waals surface area (Å²) in [6.07, 6.45) is 0. The van der Waals surface area contributed by atoms with Crippen LogP contribution >= 0.6 is 0 Å². The molecular formula is C49H31N3O2. The van der Waals surface area contributed by atoms with Gasteiger partial charge in [0.25, 0.3) is 0 Å². The lowest BCUT2D eigenvalue weighted by molar-refractivity contribution is 0.617. The van der Waals surface area contributed by atoms with Gasteiger partial charge >= 0.3 is 0 Å². The Bertz CT molecular complexity index is 3160. The van der Waals surface area contributed by atoms with E-state index in [4.69, 9.17) is 13.8 Å². The van der Waals surface area contributed by atoms with E-state index in [0.717, 1.165) is 83.3 Å². The summed E-state index contributed by atoms with van der Waals surface area (Å²) in [5, 5.41) is 4.33. The number of fused-ring (bicyclic) bond motifs is 7. The van der Waals surface area contributed by atoms with Gasteiger partial charge in [0.05, 0.1) is 22.4 Å². The van der Waals surface area contributed by atoms with Crippen molar-refractivity contribution in [1.82, 2.24) is 9.55 Å². The van der Waals surface area contributed by atoms with Crippen molar-refractivity contribution in [2.75, 3.05) is 4.90 Å². The van der Waals surface area contributed by atoms with Crippen molar-refractivity contribution >= 4 is 71.9 Å². The molecule has 0 N–H and O–H groups in total. The highest BCUT2D eigenvalue weighted by atomic mass is 16.4. The number of rotatable bonds is 6. The molecule has 0 bridgehead atoms. The zero-order valence-corrected chi connectivity index (χ0v) is 29.1. The molecule has 0 radical (unpaired) electrons. The van der Waals surface area contributed by atoms with E-state index < -0.39 is 0 Å². The van der Waals surface area contributed by atoms with Crippen LogP contribution in [0.15, 0.2) is 197 Å². The van der Waals surface area contributed by atoms with Crippen molar-refractivity contribution in [3.63, 3.8) is 0 Å². The van der Waals surface area contributed by atoms with Crippen LogP contribution < -0.4 is 4.90 Å². The SMILES string of the molecule is c1ccc(-c2cccc(N(c3cccc4c3oc3cc5oc(-c6ccccc6)nc5cc34)c3cccc4c3c3ccccc3n4-c3ccccc3)c2)cc1. The van der Waals surface area contributed by atoms with Crippen LogP contribution in [-0.4, -0.2) is 9.55 Å². The summed E-state index contributed by atoms with van der Waals surface area (Å²) < 4.78 is 15.5. The molecule has 0 fully saturated rings. The number of oxazole rings is 1. The molecule has 0 saturated carbocycles. The van der Waals surface area contributed by atoms with E-state index in [0.29, 0.717) is 11.5 Å². The van der Waals surface area contributed by atoms with Crippen molar-refractivity contribution in [2.45, 2.75) is 0 Å². The molecule has 3 heterocycles. The first-order valence-corrected chi connectivity index (χ1v) is 18.1. The zero-order valence-electron chi connectivity index (χ0n) is 29.1. The Kier molecular flexibility index (Phi) is 6.79. The molecule has 11 rings (SSSR count). The van der Waals surface area contributed by atoms with E-state index in [1.807, 2.05) is 36.4 Å². The Morgan fingerprint density at radius 1 is 0.444 bits per heavy atom. The highest BCUT2D eigenvalue weighted by molar-refractivity contribution is 6.18. The quantitative estimate of drug-likeness (QED) is 0.174. The molecule has 254 valence electrons. The topological polar surface area (TPSA) is 47.3 Å². The van der Waals surface area contributed by atoms with Gasteiger partial charge in [0.1, 0.15) is 11.1 Å². The predicted octanol–water partition coefficient (Wildman–Crippen LogP) is 13.6. The van der Waals surface area contributed by atoms with Crippen LogP contribution in [0.2, 0.25) is 0 Å². The van der Waals surface area contributed by atoms with Crippen molar-refractivity contribution in [3.8, 4) is 28.3 Å². The normalized spacial score (nSPS) is 11.7. The Balaban J connectivity index is 1.18. The van der Waals surface area contributed by atoms with Crippen LogP contribution in [-0.2, 0) is 0 Å². The Morgan fingerprint density at radius 3 is 1.93 bits per heavy atom. The molecule has 0 saturated heterocycles. The Hall–Kier alpha value is -7.37. The third kappa shape index (κ3) is 4.76. The summed E-state index contributed by atoms with van der Waals surface area (Å²) in [6.45, 7) is 0. The molecule has 0 unspecified atom stereocenters. The minimum Gasteiger partial charge on any atom is -0.454 e. The summed E-state index contributed by atoms with van der Waals surface area (Å²) in [6, 6.07) is 65.7. The summed E-state index contributed by atoms with van der Waals surface area (Å²) in [7, 11) is 0. The molecule has 8 aromatic carbocycles.